The number of oxime groups is 1. The number of nitrogens with two attached hydrogens (primary N) is 1. The first-order chi connectivity index (χ1) is 17.7. The third-order valence-electron chi connectivity index (χ3n) is 7.31. The van der Waals surface area contributed by atoms with Crippen LogP contribution in [0.5, 0.6) is 0 Å². The number of benzene rings is 1. The zero-order valence-electron chi connectivity index (χ0n) is 22.1. The maximum absolute atomic E-state index is 12.9. The summed E-state index contributed by atoms with van der Waals surface area (Å²) in [5.41, 5.74) is 8.48. The van der Waals surface area contributed by atoms with Crippen molar-refractivity contribution >= 4 is 23.9 Å². The van der Waals surface area contributed by atoms with Gasteiger partial charge < -0.3 is 25.3 Å². The predicted molar refractivity (Wildman–Crippen MR) is 144 cm³/mol. The molecule has 4 rings (SSSR count). The summed E-state index contributed by atoms with van der Waals surface area (Å²) in [7, 11) is 3.97. The van der Waals surface area contributed by atoms with Gasteiger partial charge in [-0.1, -0.05) is 29.4 Å². The molecule has 198 valence electrons. The number of piperazine rings is 1. The SMILES string of the molecule is Cc1c(CN2CON=C2C(N)=O)cccc1C1(N2CCN(C(=O)C=CCN(C)C)C(C)C2)C=CN=CC1. The molecule has 2 amide bonds. The Morgan fingerprint density at radius 2 is 2.11 bits per heavy atom. The maximum atomic E-state index is 12.9. The monoisotopic (exact) mass is 507 g/mol. The Labute approximate surface area is 218 Å². The lowest BCUT2D eigenvalue weighted by molar-refractivity contribution is -0.131. The highest BCUT2D eigenvalue weighted by Gasteiger charge is 2.42. The van der Waals surface area contributed by atoms with E-state index in [0.29, 0.717) is 13.1 Å². The fourth-order valence-corrected chi connectivity index (χ4v) is 5.33. The first-order valence-corrected chi connectivity index (χ1v) is 12.6. The number of carbonyl (C=O) groups is 2. The summed E-state index contributed by atoms with van der Waals surface area (Å²) >= 11 is 0. The van der Waals surface area contributed by atoms with Gasteiger partial charge in [-0.15, -0.1) is 0 Å². The van der Waals surface area contributed by atoms with E-state index in [0.717, 1.165) is 37.2 Å². The van der Waals surface area contributed by atoms with Crippen molar-refractivity contribution in [3.05, 3.63) is 59.3 Å². The fraction of sp³-hybridized carbons (Fsp3) is 0.481. The molecule has 2 unspecified atom stereocenters. The zero-order chi connectivity index (χ0) is 26.6. The summed E-state index contributed by atoms with van der Waals surface area (Å²) in [6.07, 6.45) is 10.3. The molecule has 0 bridgehead atoms. The smallest absolute Gasteiger partial charge is 0.287 e. The van der Waals surface area contributed by atoms with Crippen LogP contribution in [0.4, 0.5) is 0 Å². The van der Waals surface area contributed by atoms with E-state index in [1.54, 1.807) is 11.0 Å². The molecule has 0 spiro atoms. The van der Waals surface area contributed by atoms with Crippen LogP contribution >= 0.6 is 0 Å². The van der Waals surface area contributed by atoms with Crippen molar-refractivity contribution in [2.45, 2.75) is 38.4 Å². The standard InChI is InChI=1S/C27H37N7O3/c1-20-17-33(15-16-34(20)24(35)9-6-14-31(3)4)27(10-12-29-13-11-27)23-8-5-7-22(21(23)2)18-32-19-37-30-26(32)25(28)36/h5-10,12-13,20H,11,14-19H2,1-4H3,(H2,28,36). The molecule has 2 atom stereocenters. The third kappa shape index (κ3) is 5.60. The van der Waals surface area contributed by atoms with Crippen molar-refractivity contribution < 1.29 is 14.4 Å². The summed E-state index contributed by atoms with van der Waals surface area (Å²) in [5.74, 6) is -0.410. The third-order valence-corrected chi connectivity index (χ3v) is 7.31. The normalized spacial score (nSPS) is 24.1. The molecular weight excluding hydrogens is 470 g/mol. The number of amides is 2. The van der Waals surface area contributed by atoms with E-state index < -0.39 is 5.91 Å². The van der Waals surface area contributed by atoms with Crippen LogP contribution in [0.15, 0.2) is 52.8 Å². The van der Waals surface area contributed by atoms with E-state index in [9.17, 15) is 9.59 Å². The Morgan fingerprint density at radius 3 is 2.78 bits per heavy atom. The van der Waals surface area contributed by atoms with Crippen LogP contribution in [0, 0.1) is 6.92 Å². The molecule has 2 N–H and O–H groups in total. The van der Waals surface area contributed by atoms with Gasteiger partial charge in [-0.3, -0.25) is 19.5 Å². The summed E-state index contributed by atoms with van der Waals surface area (Å²) in [5, 5.41) is 3.79. The van der Waals surface area contributed by atoms with E-state index >= 15 is 0 Å². The van der Waals surface area contributed by atoms with Gasteiger partial charge in [0.05, 0.1) is 5.54 Å². The van der Waals surface area contributed by atoms with Gasteiger partial charge in [0.15, 0.2) is 6.73 Å². The first kappa shape index (κ1) is 26.6. The van der Waals surface area contributed by atoms with Crippen LogP contribution in [0.1, 0.15) is 30.0 Å². The number of nitrogens with zero attached hydrogens (tertiary/aromatic N) is 6. The van der Waals surface area contributed by atoms with Crippen LogP contribution < -0.4 is 5.73 Å². The van der Waals surface area contributed by atoms with Crippen molar-refractivity contribution in [1.29, 1.82) is 0 Å². The summed E-state index contributed by atoms with van der Waals surface area (Å²) in [6.45, 7) is 7.76. The van der Waals surface area contributed by atoms with E-state index in [-0.39, 0.29) is 30.1 Å². The van der Waals surface area contributed by atoms with Crippen molar-refractivity contribution in [3.63, 3.8) is 0 Å². The number of hydrogen-bond donors (Lipinski definition) is 1. The largest absolute Gasteiger partial charge is 0.372 e. The molecule has 0 radical (unpaired) electrons. The van der Waals surface area contributed by atoms with Crippen LogP contribution in [0.3, 0.4) is 0 Å². The van der Waals surface area contributed by atoms with Crippen molar-refractivity contribution in [1.82, 2.24) is 19.6 Å². The molecule has 0 aliphatic carbocycles. The van der Waals surface area contributed by atoms with E-state index in [4.69, 9.17) is 10.6 Å². The average Bonchev–Trinajstić information content (AvgIpc) is 3.34. The van der Waals surface area contributed by atoms with Gasteiger partial charge >= 0.3 is 0 Å². The molecule has 0 saturated carbocycles. The van der Waals surface area contributed by atoms with Crippen LogP contribution in [-0.4, -0.2) is 96.5 Å². The molecular formula is C27H37N7O3. The minimum absolute atomic E-state index is 0.0572. The quantitative estimate of drug-likeness (QED) is 0.534. The Balaban J connectivity index is 1.57. The second-order valence-corrected chi connectivity index (χ2v) is 10.1. The predicted octanol–water partition coefficient (Wildman–Crippen LogP) is 1.42. The minimum Gasteiger partial charge on any atom is -0.372 e. The lowest BCUT2D eigenvalue weighted by Gasteiger charge is -2.49. The topological polar surface area (TPSA) is 107 Å². The number of primary amides is 1. The van der Waals surface area contributed by atoms with Crippen LogP contribution in [0.2, 0.25) is 0 Å². The molecule has 1 saturated heterocycles. The zero-order valence-corrected chi connectivity index (χ0v) is 22.1. The number of aliphatic imine (C=N–C) groups is 1. The molecule has 1 aromatic rings. The summed E-state index contributed by atoms with van der Waals surface area (Å²) in [4.78, 5) is 42.3. The highest BCUT2D eigenvalue weighted by Crippen LogP contribution is 2.39. The Kier molecular flexibility index (Phi) is 8.09. The van der Waals surface area contributed by atoms with Crippen molar-refractivity contribution in [3.8, 4) is 0 Å². The Morgan fingerprint density at radius 1 is 1.30 bits per heavy atom. The average molecular weight is 508 g/mol. The highest BCUT2D eigenvalue weighted by atomic mass is 16.7. The fourth-order valence-electron chi connectivity index (χ4n) is 5.33. The number of rotatable bonds is 8. The molecule has 1 fully saturated rings. The van der Waals surface area contributed by atoms with Gasteiger partial charge in [0.2, 0.25) is 11.7 Å². The summed E-state index contributed by atoms with van der Waals surface area (Å²) < 4.78 is 0. The molecule has 3 aliphatic heterocycles. The Hall–Kier alpha value is -3.50. The van der Waals surface area contributed by atoms with Crippen LogP contribution in [-0.2, 0) is 26.5 Å². The van der Waals surface area contributed by atoms with Gasteiger partial charge in [0, 0.05) is 63.7 Å². The van der Waals surface area contributed by atoms with Crippen LogP contribution in [0.25, 0.3) is 0 Å². The molecule has 10 nitrogen and oxygen atoms in total. The molecule has 0 aromatic heterocycles. The van der Waals surface area contributed by atoms with Gasteiger partial charge in [-0.05, 0) is 50.7 Å². The van der Waals surface area contributed by atoms with Gasteiger partial charge in [-0.25, -0.2) is 0 Å². The highest BCUT2D eigenvalue weighted by molar-refractivity contribution is 6.37. The van der Waals surface area contributed by atoms with Crippen molar-refractivity contribution in [2.24, 2.45) is 15.9 Å². The van der Waals surface area contributed by atoms with Crippen molar-refractivity contribution in [2.75, 3.05) is 47.0 Å². The van der Waals surface area contributed by atoms with E-state index in [2.05, 4.69) is 53.2 Å². The summed E-state index contributed by atoms with van der Waals surface area (Å²) in [6, 6.07) is 6.34. The number of carbonyl (C=O) groups excluding carboxylic acids is 2. The first-order valence-electron chi connectivity index (χ1n) is 12.6. The second kappa shape index (κ2) is 11.3. The molecule has 10 heteroatoms. The number of hydrogen-bond acceptors (Lipinski definition) is 8. The van der Waals surface area contributed by atoms with E-state index in [1.807, 2.05) is 42.4 Å². The number of likely N-dealkylation sites (N-methyl/N-ethyl adjacent to an activating group) is 1. The van der Waals surface area contributed by atoms with Gasteiger partial charge in [-0.2, -0.15) is 0 Å². The lowest BCUT2D eigenvalue weighted by atomic mass is 9.79. The van der Waals surface area contributed by atoms with Gasteiger partial charge in [0.1, 0.15) is 0 Å². The minimum atomic E-state index is -0.604. The number of amidine groups is 1. The lowest BCUT2D eigenvalue weighted by Crippen LogP contribution is -2.59. The maximum Gasteiger partial charge on any atom is 0.287 e. The molecule has 3 heterocycles. The van der Waals surface area contributed by atoms with Gasteiger partial charge in [0.25, 0.3) is 5.91 Å². The molecule has 37 heavy (non-hydrogen) atoms. The second-order valence-electron chi connectivity index (χ2n) is 10.1. The Bertz CT molecular complexity index is 1140. The van der Waals surface area contributed by atoms with E-state index in [1.165, 1.54) is 5.56 Å². The molecule has 3 aliphatic rings. The molecule has 1 aromatic carbocycles.